The van der Waals surface area contributed by atoms with Gasteiger partial charge in [0, 0.05) is 30.6 Å². The van der Waals surface area contributed by atoms with E-state index in [1.165, 1.54) is 19.3 Å². The highest BCUT2D eigenvalue weighted by Crippen LogP contribution is 2.27. The van der Waals surface area contributed by atoms with Gasteiger partial charge in [-0.3, -0.25) is 0 Å². The largest absolute Gasteiger partial charge is 0.367 e. The highest BCUT2D eigenvalue weighted by atomic mass is 32.2. The van der Waals surface area contributed by atoms with E-state index >= 15 is 0 Å². The summed E-state index contributed by atoms with van der Waals surface area (Å²) in [5.41, 5.74) is 0.774. The van der Waals surface area contributed by atoms with Crippen LogP contribution < -0.4 is 10.2 Å². The maximum atomic E-state index is 11.8. The van der Waals surface area contributed by atoms with Crippen molar-refractivity contribution in [2.45, 2.75) is 45.1 Å². The monoisotopic (exact) mass is 407 g/mol. The topological polar surface area (TPSA) is 88.1 Å². The lowest BCUT2D eigenvalue weighted by Gasteiger charge is -2.29. The lowest BCUT2D eigenvalue weighted by atomic mass is 9.95. The Morgan fingerprint density at radius 3 is 2.52 bits per heavy atom. The Hall–Kier alpha value is -1.74. The highest BCUT2D eigenvalue weighted by molar-refractivity contribution is 7.91. The first-order chi connectivity index (χ1) is 13.0. The van der Waals surface area contributed by atoms with Crippen molar-refractivity contribution in [1.82, 2.24) is 15.0 Å². The van der Waals surface area contributed by atoms with Crippen LogP contribution in [0.15, 0.2) is 11.4 Å². The smallest absolute Gasteiger partial charge is 0.183 e. The lowest BCUT2D eigenvalue weighted by molar-refractivity contribution is 0.462. The van der Waals surface area contributed by atoms with Crippen molar-refractivity contribution in [3.05, 3.63) is 16.5 Å². The first-order valence-corrected chi connectivity index (χ1v) is 12.2. The van der Waals surface area contributed by atoms with Crippen molar-refractivity contribution in [3.8, 4) is 11.5 Å². The minimum atomic E-state index is -2.93. The van der Waals surface area contributed by atoms with Crippen molar-refractivity contribution < 1.29 is 8.42 Å². The molecule has 2 aliphatic rings. The zero-order chi connectivity index (χ0) is 18.9. The van der Waals surface area contributed by atoms with Crippen molar-refractivity contribution in [1.29, 1.82) is 0 Å². The number of sulfone groups is 1. The lowest BCUT2D eigenvalue weighted by Crippen LogP contribution is -2.40. The molecule has 0 radical (unpaired) electrons. The summed E-state index contributed by atoms with van der Waals surface area (Å²) in [6.07, 6.45) is 6.12. The summed E-state index contributed by atoms with van der Waals surface area (Å²) in [5, 5.41) is 6.52. The summed E-state index contributed by atoms with van der Waals surface area (Å²) in [6, 6.07) is 2.39. The second kappa shape index (κ2) is 7.71. The van der Waals surface area contributed by atoms with Crippen molar-refractivity contribution in [2.75, 3.05) is 34.8 Å². The fourth-order valence-corrected chi connectivity index (χ4v) is 5.44. The summed E-state index contributed by atoms with van der Waals surface area (Å²) >= 11 is 1.58. The number of nitrogens with one attached hydrogen (secondary N) is 1. The molecule has 0 spiro atoms. The average Bonchev–Trinajstić information content (AvgIpc) is 3.09. The molecule has 146 valence electrons. The minimum Gasteiger partial charge on any atom is -0.367 e. The van der Waals surface area contributed by atoms with Crippen LogP contribution in [0.4, 0.5) is 11.6 Å². The van der Waals surface area contributed by atoms with Crippen LogP contribution in [0.25, 0.3) is 11.5 Å². The molecule has 2 aromatic heterocycles. The van der Waals surface area contributed by atoms with E-state index in [4.69, 9.17) is 9.97 Å². The fraction of sp³-hybridized carbons (Fsp3) is 0.611. The summed E-state index contributed by atoms with van der Waals surface area (Å²) in [7, 11) is -2.93. The molecule has 27 heavy (non-hydrogen) atoms. The molecule has 4 rings (SSSR count). The molecule has 0 amide bonds. The summed E-state index contributed by atoms with van der Waals surface area (Å²) in [5.74, 6) is 2.53. The van der Waals surface area contributed by atoms with Gasteiger partial charge in [0.15, 0.2) is 15.7 Å². The van der Waals surface area contributed by atoms with E-state index < -0.39 is 9.84 Å². The van der Waals surface area contributed by atoms with E-state index in [9.17, 15) is 8.42 Å². The maximum absolute atomic E-state index is 11.8. The highest BCUT2D eigenvalue weighted by Gasteiger charge is 2.24. The molecule has 2 fully saturated rings. The van der Waals surface area contributed by atoms with Gasteiger partial charge >= 0.3 is 0 Å². The Morgan fingerprint density at radius 1 is 1.11 bits per heavy atom. The third-order valence-electron chi connectivity index (χ3n) is 5.19. The number of aryl methyl sites for hydroxylation is 1. The zero-order valence-corrected chi connectivity index (χ0v) is 17.2. The molecule has 1 saturated carbocycles. The van der Waals surface area contributed by atoms with E-state index in [2.05, 4.69) is 10.3 Å². The minimum absolute atomic E-state index is 0.174. The SMILES string of the molecule is Cc1nc(-c2nc(NC3CCCCC3)cc(N3CCS(=O)(=O)CC3)n2)cs1. The Kier molecular flexibility index (Phi) is 5.32. The molecule has 0 aromatic carbocycles. The molecule has 0 bridgehead atoms. The number of hydrogen-bond acceptors (Lipinski definition) is 8. The summed E-state index contributed by atoms with van der Waals surface area (Å²) < 4.78 is 23.5. The first kappa shape index (κ1) is 18.6. The molecule has 1 N–H and O–H groups in total. The summed E-state index contributed by atoms with van der Waals surface area (Å²) in [4.78, 5) is 16.0. The molecular weight excluding hydrogens is 382 g/mol. The summed E-state index contributed by atoms with van der Waals surface area (Å²) in [6.45, 7) is 2.91. The van der Waals surface area contributed by atoms with Gasteiger partial charge in [0.25, 0.3) is 0 Å². The van der Waals surface area contributed by atoms with Gasteiger partial charge in [0.1, 0.15) is 17.3 Å². The molecule has 2 aromatic rings. The number of anilines is 2. The quantitative estimate of drug-likeness (QED) is 0.834. The van der Waals surface area contributed by atoms with Gasteiger partial charge in [-0.25, -0.2) is 23.4 Å². The number of hydrogen-bond donors (Lipinski definition) is 1. The molecule has 1 saturated heterocycles. The first-order valence-electron chi connectivity index (χ1n) is 9.52. The van der Waals surface area contributed by atoms with Gasteiger partial charge in [-0.1, -0.05) is 19.3 Å². The zero-order valence-electron chi connectivity index (χ0n) is 15.5. The standard InChI is InChI=1S/C18H25N5O2S2/c1-13-19-15(12-26-13)18-21-16(20-14-5-3-2-4-6-14)11-17(22-18)23-7-9-27(24,25)10-8-23/h11-12,14H,2-10H2,1H3,(H,20,21,22). The van der Waals surface area contributed by atoms with Crippen LogP contribution >= 0.6 is 11.3 Å². The van der Waals surface area contributed by atoms with E-state index in [-0.39, 0.29) is 11.5 Å². The normalized spacial score (nSPS) is 20.6. The van der Waals surface area contributed by atoms with E-state index in [1.807, 2.05) is 23.3 Å². The predicted molar refractivity (Wildman–Crippen MR) is 109 cm³/mol. The average molecular weight is 408 g/mol. The van der Waals surface area contributed by atoms with Gasteiger partial charge in [0.05, 0.1) is 16.5 Å². The van der Waals surface area contributed by atoms with Crippen LogP contribution in [-0.4, -0.2) is 54.0 Å². The van der Waals surface area contributed by atoms with Crippen LogP contribution in [0.5, 0.6) is 0 Å². The van der Waals surface area contributed by atoms with Gasteiger partial charge < -0.3 is 10.2 Å². The predicted octanol–water partition coefficient (Wildman–Crippen LogP) is 2.89. The van der Waals surface area contributed by atoms with E-state index in [1.54, 1.807) is 11.3 Å². The molecular formula is C18H25N5O2S2. The fourth-order valence-electron chi connectivity index (χ4n) is 3.65. The van der Waals surface area contributed by atoms with Crippen molar-refractivity contribution in [2.24, 2.45) is 0 Å². The maximum Gasteiger partial charge on any atom is 0.183 e. The molecule has 3 heterocycles. The molecule has 0 atom stereocenters. The van der Waals surface area contributed by atoms with Gasteiger partial charge in [-0.15, -0.1) is 11.3 Å². The number of nitrogens with zero attached hydrogens (tertiary/aromatic N) is 4. The Labute approximate surface area is 164 Å². The molecule has 1 aliphatic heterocycles. The Balaban J connectivity index is 1.63. The number of thiazole rings is 1. The van der Waals surface area contributed by atoms with E-state index in [0.29, 0.717) is 25.0 Å². The Bertz CT molecular complexity index is 892. The van der Waals surface area contributed by atoms with Crippen molar-refractivity contribution >= 4 is 32.8 Å². The molecule has 7 nitrogen and oxygen atoms in total. The van der Waals surface area contributed by atoms with Gasteiger partial charge in [0.2, 0.25) is 0 Å². The van der Waals surface area contributed by atoms with Crippen LogP contribution in [0.2, 0.25) is 0 Å². The molecule has 0 unspecified atom stereocenters. The van der Waals surface area contributed by atoms with Crippen LogP contribution in [-0.2, 0) is 9.84 Å². The Morgan fingerprint density at radius 2 is 1.85 bits per heavy atom. The third-order valence-corrected chi connectivity index (χ3v) is 7.57. The number of aromatic nitrogens is 3. The van der Waals surface area contributed by atoms with E-state index in [0.717, 1.165) is 35.2 Å². The van der Waals surface area contributed by atoms with Crippen LogP contribution in [0.1, 0.15) is 37.1 Å². The van der Waals surface area contributed by atoms with Crippen LogP contribution in [0.3, 0.4) is 0 Å². The van der Waals surface area contributed by atoms with Crippen molar-refractivity contribution in [3.63, 3.8) is 0 Å². The number of rotatable bonds is 4. The van der Waals surface area contributed by atoms with Gasteiger partial charge in [-0.2, -0.15) is 0 Å². The second-order valence-electron chi connectivity index (χ2n) is 7.30. The van der Waals surface area contributed by atoms with Gasteiger partial charge in [-0.05, 0) is 19.8 Å². The second-order valence-corrected chi connectivity index (χ2v) is 10.7. The molecule has 9 heteroatoms. The molecule has 1 aliphatic carbocycles. The third kappa shape index (κ3) is 4.57. The van der Waals surface area contributed by atoms with Crippen LogP contribution in [0, 0.1) is 6.92 Å².